The smallest absolute Gasteiger partial charge is 0.150 e. The van der Waals surface area contributed by atoms with E-state index >= 15 is 0 Å². The predicted octanol–water partition coefficient (Wildman–Crippen LogP) is 2.14. The minimum atomic E-state index is 0.578. The fourth-order valence-electron chi connectivity index (χ4n) is 1.51. The van der Waals surface area contributed by atoms with Crippen molar-refractivity contribution in [2.45, 2.75) is 0 Å². The normalized spacial score (nSPS) is 10.6. The lowest BCUT2D eigenvalue weighted by Gasteiger charge is -2.05. The molecule has 17 heavy (non-hydrogen) atoms. The average Bonchev–Trinajstić information content (AvgIpc) is 2.40. The van der Waals surface area contributed by atoms with Gasteiger partial charge in [-0.2, -0.15) is 0 Å². The summed E-state index contributed by atoms with van der Waals surface area (Å²) < 4.78 is 5.19. The second-order valence-corrected chi connectivity index (χ2v) is 5.00. The van der Waals surface area contributed by atoms with E-state index in [0.717, 1.165) is 12.0 Å². The van der Waals surface area contributed by atoms with Crippen molar-refractivity contribution < 1.29 is 9.53 Å². The van der Waals surface area contributed by atoms with Crippen molar-refractivity contribution in [3.63, 3.8) is 0 Å². The molecular formula is C14H13O2P. The zero-order chi connectivity index (χ0) is 12.1. The van der Waals surface area contributed by atoms with E-state index in [1.54, 1.807) is 7.11 Å². The first-order valence-corrected chi connectivity index (χ1v) is 6.28. The van der Waals surface area contributed by atoms with Crippen molar-refractivity contribution in [1.29, 1.82) is 0 Å². The molecule has 2 aromatic carbocycles. The van der Waals surface area contributed by atoms with Gasteiger partial charge < -0.3 is 4.74 Å². The summed E-state index contributed by atoms with van der Waals surface area (Å²) in [6, 6.07) is 15.7. The van der Waals surface area contributed by atoms with Gasteiger partial charge in [-0.25, -0.2) is 0 Å². The Bertz CT molecular complexity index is 506. The molecule has 0 aliphatic rings. The molecule has 0 fully saturated rings. The molecule has 0 bridgehead atoms. The van der Waals surface area contributed by atoms with Gasteiger partial charge in [0.25, 0.3) is 0 Å². The number of benzene rings is 2. The first-order chi connectivity index (χ1) is 8.31. The number of carbonyl (C=O) groups is 1. The van der Waals surface area contributed by atoms with Gasteiger partial charge in [-0.1, -0.05) is 45.0 Å². The lowest BCUT2D eigenvalue weighted by Crippen LogP contribution is -2.03. The third-order valence-electron chi connectivity index (χ3n) is 2.41. The maximum absolute atomic E-state index is 10.5. The van der Waals surface area contributed by atoms with Gasteiger partial charge in [-0.05, 0) is 22.7 Å². The Labute approximate surface area is 102 Å². The van der Waals surface area contributed by atoms with Crippen LogP contribution in [0.5, 0.6) is 5.75 Å². The SMILES string of the molecule is COc1cccc(Pc2ccc(C=O)cc2)c1. The molecule has 86 valence electrons. The first-order valence-electron chi connectivity index (χ1n) is 5.28. The van der Waals surface area contributed by atoms with Crippen LogP contribution < -0.4 is 15.3 Å². The monoisotopic (exact) mass is 244 g/mol. The van der Waals surface area contributed by atoms with Gasteiger partial charge in [0.15, 0.2) is 0 Å². The fourth-order valence-corrected chi connectivity index (χ4v) is 2.57. The highest BCUT2D eigenvalue weighted by Crippen LogP contribution is 2.15. The summed E-state index contributed by atoms with van der Waals surface area (Å²) in [6.45, 7) is 0. The Hall–Kier alpha value is -1.66. The minimum Gasteiger partial charge on any atom is -0.497 e. The Morgan fingerprint density at radius 3 is 2.47 bits per heavy atom. The molecule has 1 unspecified atom stereocenters. The van der Waals surface area contributed by atoms with Crippen LogP contribution in [0.4, 0.5) is 0 Å². The van der Waals surface area contributed by atoms with Gasteiger partial charge in [0.05, 0.1) is 7.11 Å². The molecule has 0 radical (unpaired) electrons. The number of rotatable bonds is 4. The van der Waals surface area contributed by atoms with E-state index < -0.39 is 0 Å². The number of hydrogen-bond donors (Lipinski definition) is 0. The highest BCUT2D eigenvalue weighted by molar-refractivity contribution is 7.55. The molecule has 1 atom stereocenters. The van der Waals surface area contributed by atoms with Gasteiger partial charge in [0, 0.05) is 5.56 Å². The first kappa shape index (κ1) is 11.8. The van der Waals surface area contributed by atoms with Crippen LogP contribution >= 0.6 is 8.58 Å². The quantitative estimate of drug-likeness (QED) is 0.608. The molecular weight excluding hydrogens is 231 g/mol. The zero-order valence-corrected chi connectivity index (χ0v) is 10.5. The maximum atomic E-state index is 10.5. The van der Waals surface area contributed by atoms with Crippen LogP contribution in [-0.4, -0.2) is 13.4 Å². The lowest BCUT2D eigenvalue weighted by atomic mass is 10.2. The molecule has 0 aromatic heterocycles. The molecule has 0 heterocycles. The summed E-state index contributed by atoms with van der Waals surface area (Å²) in [6.07, 6.45) is 0.860. The zero-order valence-electron chi connectivity index (χ0n) is 9.51. The molecule has 0 spiro atoms. The summed E-state index contributed by atoms with van der Waals surface area (Å²) in [5.41, 5.74) is 0.712. The molecule has 2 rings (SSSR count). The van der Waals surface area contributed by atoms with E-state index in [9.17, 15) is 4.79 Å². The highest BCUT2D eigenvalue weighted by atomic mass is 31.1. The Morgan fingerprint density at radius 2 is 1.82 bits per heavy atom. The molecule has 3 heteroatoms. The van der Waals surface area contributed by atoms with Crippen molar-refractivity contribution >= 4 is 25.5 Å². The largest absolute Gasteiger partial charge is 0.497 e. The van der Waals surface area contributed by atoms with Crippen LogP contribution in [-0.2, 0) is 0 Å². The standard InChI is InChI=1S/C14H13O2P/c1-16-12-3-2-4-14(9-12)17-13-7-5-11(10-15)6-8-13/h2-10,17H,1H3. The summed E-state index contributed by atoms with van der Waals surface area (Å²) in [7, 11) is 2.25. The Balaban J connectivity index is 2.15. The van der Waals surface area contributed by atoms with Crippen LogP contribution in [0.25, 0.3) is 0 Å². The molecule has 0 saturated heterocycles. The molecule has 0 saturated carbocycles. The number of carbonyl (C=O) groups excluding carboxylic acids is 1. The summed E-state index contributed by atoms with van der Waals surface area (Å²) in [5.74, 6) is 0.875. The van der Waals surface area contributed by atoms with E-state index in [1.807, 2.05) is 42.5 Å². The Morgan fingerprint density at radius 1 is 1.06 bits per heavy atom. The summed E-state index contributed by atoms with van der Waals surface area (Å²) in [5, 5.41) is 2.44. The molecule has 0 aliphatic heterocycles. The van der Waals surface area contributed by atoms with Crippen molar-refractivity contribution in [3.05, 3.63) is 54.1 Å². The molecule has 2 aromatic rings. The number of ether oxygens (including phenoxy) is 1. The molecule has 2 nitrogen and oxygen atoms in total. The third kappa shape index (κ3) is 3.15. The maximum Gasteiger partial charge on any atom is 0.150 e. The minimum absolute atomic E-state index is 0.578. The third-order valence-corrected chi connectivity index (χ3v) is 3.63. The molecule has 0 aliphatic carbocycles. The van der Waals surface area contributed by atoms with Crippen molar-refractivity contribution in [2.24, 2.45) is 0 Å². The molecule has 0 amide bonds. The van der Waals surface area contributed by atoms with Gasteiger partial charge >= 0.3 is 0 Å². The van der Waals surface area contributed by atoms with Crippen molar-refractivity contribution in [1.82, 2.24) is 0 Å². The summed E-state index contributed by atoms with van der Waals surface area (Å²) in [4.78, 5) is 10.5. The van der Waals surface area contributed by atoms with E-state index in [0.29, 0.717) is 14.1 Å². The van der Waals surface area contributed by atoms with Crippen molar-refractivity contribution in [2.75, 3.05) is 7.11 Å². The second kappa shape index (κ2) is 5.60. The number of methoxy groups -OCH3 is 1. The van der Waals surface area contributed by atoms with E-state index in [1.165, 1.54) is 10.6 Å². The van der Waals surface area contributed by atoms with Crippen LogP contribution in [0.3, 0.4) is 0 Å². The van der Waals surface area contributed by atoms with Gasteiger partial charge in [0.1, 0.15) is 12.0 Å². The highest BCUT2D eigenvalue weighted by Gasteiger charge is 1.98. The van der Waals surface area contributed by atoms with E-state index in [4.69, 9.17) is 4.74 Å². The van der Waals surface area contributed by atoms with Gasteiger partial charge in [0.2, 0.25) is 0 Å². The number of hydrogen-bond acceptors (Lipinski definition) is 2. The number of aldehydes is 1. The second-order valence-electron chi connectivity index (χ2n) is 3.60. The van der Waals surface area contributed by atoms with Crippen LogP contribution in [0.1, 0.15) is 10.4 Å². The van der Waals surface area contributed by atoms with Crippen LogP contribution in [0.15, 0.2) is 48.5 Å². The fraction of sp³-hybridized carbons (Fsp3) is 0.0714. The Kier molecular flexibility index (Phi) is 3.89. The van der Waals surface area contributed by atoms with Crippen LogP contribution in [0.2, 0.25) is 0 Å². The summed E-state index contributed by atoms with van der Waals surface area (Å²) >= 11 is 0. The molecule has 0 N–H and O–H groups in total. The predicted molar refractivity (Wildman–Crippen MR) is 72.4 cm³/mol. The van der Waals surface area contributed by atoms with Gasteiger partial charge in [-0.3, -0.25) is 4.79 Å². The van der Waals surface area contributed by atoms with Crippen LogP contribution in [0, 0.1) is 0 Å². The lowest BCUT2D eigenvalue weighted by molar-refractivity contribution is 0.112. The van der Waals surface area contributed by atoms with Crippen molar-refractivity contribution in [3.8, 4) is 5.75 Å². The van der Waals surface area contributed by atoms with E-state index in [-0.39, 0.29) is 0 Å². The average molecular weight is 244 g/mol. The van der Waals surface area contributed by atoms with E-state index in [2.05, 4.69) is 6.07 Å². The van der Waals surface area contributed by atoms with Gasteiger partial charge in [-0.15, -0.1) is 0 Å². The topological polar surface area (TPSA) is 26.3 Å².